The van der Waals surface area contributed by atoms with Crippen LogP contribution in [-0.2, 0) is 4.79 Å². The molecule has 1 aromatic heterocycles. The van der Waals surface area contributed by atoms with Crippen LogP contribution in [0.4, 0.5) is 5.95 Å². The van der Waals surface area contributed by atoms with Crippen LogP contribution in [0.25, 0.3) is 0 Å². The summed E-state index contributed by atoms with van der Waals surface area (Å²) in [5.74, 6) is -0.0698. The van der Waals surface area contributed by atoms with Crippen molar-refractivity contribution in [1.29, 1.82) is 0 Å². The fourth-order valence-corrected chi connectivity index (χ4v) is 1.40. The number of hydrogen-bond acceptors (Lipinski definition) is 5. The summed E-state index contributed by atoms with van der Waals surface area (Å²) < 4.78 is 4.95. The molecule has 2 rings (SSSR count). The van der Waals surface area contributed by atoms with E-state index in [1.807, 2.05) is 0 Å². The number of nitrogens with zero attached hydrogens (tertiary/aromatic N) is 3. The molecule has 0 amide bonds. The third kappa shape index (κ3) is 1.83. The summed E-state index contributed by atoms with van der Waals surface area (Å²) in [6.07, 6.45) is 1.59. The average Bonchev–Trinajstić information content (AvgIpc) is 2.15. The molecule has 2 heterocycles. The molecule has 15 heavy (non-hydrogen) atoms. The Balaban J connectivity index is 2.03. The Hall–Kier alpha value is -1.85. The van der Waals surface area contributed by atoms with E-state index in [0.717, 1.165) is 0 Å². The molecular weight excluding hydrogens is 198 g/mol. The van der Waals surface area contributed by atoms with Crippen molar-refractivity contribution >= 4 is 11.9 Å². The Morgan fingerprint density at radius 2 is 2.40 bits per heavy atom. The number of aromatic nitrogens is 2. The Morgan fingerprint density at radius 3 is 3.00 bits per heavy atom. The molecule has 0 radical (unpaired) electrons. The van der Waals surface area contributed by atoms with E-state index >= 15 is 0 Å². The van der Waals surface area contributed by atoms with Crippen molar-refractivity contribution in [2.75, 3.05) is 25.1 Å². The van der Waals surface area contributed by atoms with Gasteiger partial charge in [-0.1, -0.05) is 0 Å². The van der Waals surface area contributed by atoms with E-state index in [9.17, 15) is 4.79 Å². The normalized spacial score (nSPS) is 15.9. The highest BCUT2D eigenvalue weighted by Gasteiger charge is 2.34. The van der Waals surface area contributed by atoms with Crippen molar-refractivity contribution < 1.29 is 14.6 Å². The minimum Gasteiger partial charge on any atom is -0.481 e. The van der Waals surface area contributed by atoms with Gasteiger partial charge in [0.25, 0.3) is 0 Å². The summed E-state index contributed by atoms with van der Waals surface area (Å²) in [4.78, 5) is 20.5. The minimum atomic E-state index is -0.769. The summed E-state index contributed by atoms with van der Waals surface area (Å²) in [6, 6.07) is 1.65. The van der Waals surface area contributed by atoms with Gasteiger partial charge in [-0.15, -0.1) is 0 Å². The van der Waals surface area contributed by atoms with E-state index in [2.05, 4.69) is 9.97 Å². The van der Waals surface area contributed by atoms with Crippen molar-refractivity contribution in [1.82, 2.24) is 9.97 Å². The van der Waals surface area contributed by atoms with Crippen LogP contribution in [0.5, 0.6) is 5.88 Å². The predicted molar refractivity (Wildman–Crippen MR) is 51.9 cm³/mol. The quantitative estimate of drug-likeness (QED) is 0.755. The number of aliphatic carboxylic acids is 1. The van der Waals surface area contributed by atoms with E-state index in [4.69, 9.17) is 9.84 Å². The van der Waals surface area contributed by atoms with Gasteiger partial charge in [-0.05, 0) is 0 Å². The van der Waals surface area contributed by atoms with Crippen LogP contribution in [0.1, 0.15) is 0 Å². The summed E-state index contributed by atoms with van der Waals surface area (Å²) in [5, 5.41) is 8.71. The number of anilines is 1. The Morgan fingerprint density at radius 1 is 1.67 bits per heavy atom. The van der Waals surface area contributed by atoms with Crippen LogP contribution in [-0.4, -0.2) is 41.2 Å². The molecule has 6 heteroatoms. The molecule has 1 N–H and O–H groups in total. The first-order valence-corrected chi connectivity index (χ1v) is 4.55. The zero-order valence-electron chi connectivity index (χ0n) is 8.25. The van der Waals surface area contributed by atoms with Gasteiger partial charge in [-0.25, -0.2) is 4.98 Å². The smallest absolute Gasteiger partial charge is 0.310 e. The lowest BCUT2D eigenvalue weighted by Gasteiger charge is -2.36. The van der Waals surface area contributed by atoms with E-state index in [-0.39, 0.29) is 5.92 Å². The van der Waals surface area contributed by atoms with Gasteiger partial charge >= 0.3 is 5.97 Å². The molecule has 6 nitrogen and oxygen atoms in total. The first-order chi connectivity index (χ1) is 7.20. The lowest BCUT2D eigenvalue weighted by Crippen LogP contribution is -2.51. The molecular formula is C9H11N3O3. The standard InChI is InChI=1S/C9H11N3O3/c1-15-7-2-3-10-9(11-7)12-4-6(5-12)8(13)14/h2-3,6H,4-5H2,1H3,(H,13,14). The lowest BCUT2D eigenvalue weighted by atomic mass is 10.0. The SMILES string of the molecule is COc1ccnc(N2CC(C(=O)O)C2)n1. The monoisotopic (exact) mass is 209 g/mol. The molecule has 1 fully saturated rings. The van der Waals surface area contributed by atoms with Crippen LogP contribution in [0.2, 0.25) is 0 Å². The van der Waals surface area contributed by atoms with Crippen molar-refractivity contribution in [2.45, 2.75) is 0 Å². The van der Waals surface area contributed by atoms with E-state index in [1.165, 1.54) is 7.11 Å². The molecule has 0 atom stereocenters. The van der Waals surface area contributed by atoms with Crippen molar-refractivity contribution in [3.63, 3.8) is 0 Å². The molecule has 1 aliphatic heterocycles. The van der Waals surface area contributed by atoms with Crippen LogP contribution >= 0.6 is 0 Å². The topological polar surface area (TPSA) is 75.5 Å². The maximum atomic E-state index is 10.6. The Kier molecular flexibility index (Phi) is 2.40. The highest BCUT2D eigenvalue weighted by atomic mass is 16.5. The van der Waals surface area contributed by atoms with E-state index in [0.29, 0.717) is 24.9 Å². The van der Waals surface area contributed by atoms with Gasteiger partial charge in [0.15, 0.2) is 0 Å². The zero-order chi connectivity index (χ0) is 10.8. The largest absolute Gasteiger partial charge is 0.481 e. The second-order valence-electron chi connectivity index (χ2n) is 3.34. The second kappa shape index (κ2) is 3.72. The van der Waals surface area contributed by atoms with Gasteiger partial charge in [-0.3, -0.25) is 4.79 Å². The third-order valence-electron chi connectivity index (χ3n) is 2.34. The van der Waals surface area contributed by atoms with Crippen molar-refractivity contribution in [3.05, 3.63) is 12.3 Å². The van der Waals surface area contributed by atoms with E-state index < -0.39 is 5.97 Å². The lowest BCUT2D eigenvalue weighted by molar-refractivity contribution is -0.142. The number of rotatable bonds is 3. The molecule has 80 valence electrons. The number of hydrogen-bond donors (Lipinski definition) is 1. The summed E-state index contributed by atoms with van der Waals surface area (Å²) >= 11 is 0. The first-order valence-electron chi connectivity index (χ1n) is 4.55. The van der Waals surface area contributed by atoms with E-state index in [1.54, 1.807) is 17.2 Å². The summed E-state index contributed by atoms with van der Waals surface area (Å²) in [6.45, 7) is 0.922. The van der Waals surface area contributed by atoms with Crippen molar-refractivity contribution in [3.8, 4) is 5.88 Å². The van der Waals surface area contributed by atoms with Gasteiger partial charge in [0.05, 0.1) is 13.0 Å². The van der Waals surface area contributed by atoms with Crippen LogP contribution < -0.4 is 9.64 Å². The molecule has 0 aliphatic carbocycles. The second-order valence-corrected chi connectivity index (χ2v) is 3.34. The van der Waals surface area contributed by atoms with Crippen molar-refractivity contribution in [2.24, 2.45) is 5.92 Å². The van der Waals surface area contributed by atoms with Crippen LogP contribution in [0.15, 0.2) is 12.3 Å². The predicted octanol–water partition coefficient (Wildman–Crippen LogP) is 0.00600. The van der Waals surface area contributed by atoms with Gasteiger partial charge < -0.3 is 14.7 Å². The molecule has 1 aliphatic rings. The van der Waals surface area contributed by atoms with Gasteiger partial charge in [-0.2, -0.15) is 4.98 Å². The molecule has 0 unspecified atom stereocenters. The average molecular weight is 209 g/mol. The maximum Gasteiger partial charge on any atom is 0.310 e. The van der Waals surface area contributed by atoms with Gasteiger partial charge in [0.2, 0.25) is 11.8 Å². The zero-order valence-corrected chi connectivity index (χ0v) is 8.25. The molecule has 0 saturated carbocycles. The summed E-state index contributed by atoms with van der Waals surface area (Å²) in [7, 11) is 1.53. The summed E-state index contributed by atoms with van der Waals surface area (Å²) in [5.41, 5.74) is 0. The highest BCUT2D eigenvalue weighted by molar-refractivity contribution is 5.73. The molecule has 0 spiro atoms. The Labute approximate surface area is 86.5 Å². The number of carbonyl (C=O) groups is 1. The highest BCUT2D eigenvalue weighted by Crippen LogP contribution is 2.22. The number of methoxy groups -OCH3 is 1. The van der Waals surface area contributed by atoms with Crippen LogP contribution in [0, 0.1) is 5.92 Å². The molecule has 1 aromatic rings. The number of ether oxygens (including phenoxy) is 1. The molecule has 1 saturated heterocycles. The fraction of sp³-hybridized carbons (Fsp3) is 0.444. The number of carboxylic acids is 1. The fourth-order valence-electron chi connectivity index (χ4n) is 1.40. The van der Waals surface area contributed by atoms with Gasteiger partial charge in [0.1, 0.15) is 0 Å². The molecule has 0 aromatic carbocycles. The first kappa shape index (κ1) is 9.70. The van der Waals surface area contributed by atoms with Crippen LogP contribution in [0.3, 0.4) is 0 Å². The Bertz CT molecular complexity index is 377. The third-order valence-corrected chi connectivity index (χ3v) is 2.34. The van der Waals surface area contributed by atoms with Gasteiger partial charge in [0, 0.05) is 25.4 Å². The maximum absolute atomic E-state index is 10.6. The number of carboxylic acid groups (broad SMARTS) is 1. The molecule has 0 bridgehead atoms. The minimum absolute atomic E-state index is 0.306.